The predicted octanol–water partition coefficient (Wildman–Crippen LogP) is 3.30. The van der Waals surface area contributed by atoms with Crippen LogP contribution in [0.4, 0.5) is 22.0 Å². The zero-order valence-corrected chi connectivity index (χ0v) is 15.2. The molecule has 2 rings (SSSR count). The van der Waals surface area contributed by atoms with E-state index in [0.29, 0.717) is 12.1 Å². The van der Waals surface area contributed by atoms with Crippen LogP contribution in [-0.2, 0) is 10.0 Å². The van der Waals surface area contributed by atoms with E-state index < -0.39 is 55.8 Å². The van der Waals surface area contributed by atoms with Crippen molar-refractivity contribution >= 4 is 15.9 Å². The lowest BCUT2D eigenvalue weighted by Crippen LogP contribution is -2.38. The first-order chi connectivity index (χ1) is 13.0. The molecule has 2 aromatic rings. The van der Waals surface area contributed by atoms with E-state index in [0.717, 1.165) is 30.3 Å². The third-order valence-corrected chi connectivity index (χ3v) is 5.18. The highest BCUT2D eigenvalue weighted by Crippen LogP contribution is 2.33. The summed E-state index contributed by atoms with van der Waals surface area (Å²) in [7, 11) is -4.06. The number of sulfonamides is 1. The Kier molecular flexibility index (Phi) is 6.40. The monoisotopic (exact) mass is 422 g/mol. The summed E-state index contributed by atoms with van der Waals surface area (Å²) in [6.07, 6.45) is -4.96. The molecule has 0 heterocycles. The highest BCUT2D eigenvalue weighted by atomic mass is 32.2. The molecule has 0 aliphatic heterocycles. The first-order valence-electron chi connectivity index (χ1n) is 7.88. The highest BCUT2D eigenvalue weighted by Gasteiger charge is 2.42. The third-order valence-electron chi connectivity index (χ3n) is 3.63. The van der Waals surface area contributed by atoms with E-state index in [-0.39, 0.29) is 6.54 Å². The molecule has 1 amide bonds. The van der Waals surface area contributed by atoms with E-state index >= 15 is 0 Å². The molecule has 1 atom stereocenters. The fourth-order valence-electron chi connectivity index (χ4n) is 2.34. The van der Waals surface area contributed by atoms with Crippen molar-refractivity contribution in [2.75, 3.05) is 6.54 Å². The molecule has 0 spiro atoms. The third kappa shape index (κ3) is 5.04. The second-order valence-electron chi connectivity index (χ2n) is 5.64. The van der Waals surface area contributed by atoms with Crippen molar-refractivity contribution in [3.63, 3.8) is 0 Å². The van der Waals surface area contributed by atoms with Crippen LogP contribution in [0.25, 0.3) is 0 Å². The van der Waals surface area contributed by atoms with Crippen LogP contribution in [0, 0.1) is 11.6 Å². The van der Waals surface area contributed by atoms with Gasteiger partial charge in [-0.1, -0.05) is 19.1 Å². The summed E-state index contributed by atoms with van der Waals surface area (Å²) in [6.45, 7) is 1.51. The van der Waals surface area contributed by atoms with Crippen LogP contribution in [-0.4, -0.2) is 27.0 Å². The molecule has 2 N–H and O–H groups in total. The number of rotatable bonds is 6. The van der Waals surface area contributed by atoms with Gasteiger partial charge >= 0.3 is 6.18 Å². The van der Waals surface area contributed by atoms with Gasteiger partial charge in [-0.3, -0.25) is 4.79 Å². The summed E-state index contributed by atoms with van der Waals surface area (Å²) in [5.74, 6) is -3.45. The Morgan fingerprint density at radius 2 is 1.68 bits per heavy atom. The van der Waals surface area contributed by atoms with Crippen LogP contribution in [0.2, 0.25) is 0 Å². The topological polar surface area (TPSA) is 75.3 Å². The predicted molar refractivity (Wildman–Crippen MR) is 89.9 cm³/mol. The molecule has 0 aromatic heterocycles. The normalized spacial score (nSPS) is 13.2. The lowest BCUT2D eigenvalue weighted by atomic mass is 10.1. The molecule has 1 unspecified atom stereocenters. The second-order valence-corrected chi connectivity index (χ2v) is 7.41. The number of nitrogens with one attached hydrogen (secondary N) is 2. The van der Waals surface area contributed by atoms with Gasteiger partial charge in [-0.25, -0.2) is 21.9 Å². The summed E-state index contributed by atoms with van der Waals surface area (Å²) in [5, 5.41) is 1.62. The SMILES string of the molecule is CCNS(=O)(=O)c1ccc(F)c(C(=O)NC(c2ccc(F)cc2)C(F)(F)F)c1. The molecule has 2 aromatic carbocycles. The van der Waals surface area contributed by atoms with E-state index in [1.54, 1.807) is 5.32 Å². The highest BCUT2D eigenvalue weighted by molar-refractivity contribution is 7.89. The maximum atomic E-state index is 14.0. The molecule has 152 valence electrons. The van der Waals surface area contributed by atoms with Crippen LogP contribution in [0.5, 0.6) is 0 Å². The van der Waals surface area contributed by atoms with Gasteiger partial charge < -0.3 is 5.32 Å². The van der Waals surface area contributed by atoms with Gasteiger partial charge in [0.15, 0.2) is 6.04 Å². The van der Waals surface area contributed by atoms with Gasteiger partial charge in [0.1, 0.15) is 11.6 Å². The lowest BCUT2D eigenvalue weighted by Gasteiger charge is -2.22. The van der Waals surface area contributed by atoms with Crippen LogP contribution in [0.1, 0.15) is 28.9 Å². The molecular formula is C17H15F5N2O3S. The fourth-order valence-corrected chi connectivity index (χ4v) is 3.40. The average Bonchev–Trinajstić information content (AvgIpc) is 2.59. The number of halogens is 5. The Morgan fingerprint density at radius 3 is 2.21 bits per heavy atom. The zero-order chi connectivity index (χ0) is 21.1. The summed E-state index contributed by atoms with van der Waals surface area (Å²) >= 11 is 0. The lowest BCUT2D eigenvalue weighted by molar-refractivity contribution is -0.155. The number of carbonyl (C=O) groups excluding carboxylic acids is 1. The molecule has 0 saturated carbocycles. The Labute approximate surface area is 157 Å². The van der Waals surface area contributed by atoms with Crippen LogP contribution >= 0.6 is 0 Å². The largest absolute Gasteiger partial charge is 0.412 e. The van der Waals surface area contributed by atoms with E-state index in [4.69, 9.17) is 0 Å². The summed E-state index contributed by atoms with van der Waals surface area (Å²) in [4.78, 5) is 11.8. The van der Waals surface area contributed by atoms with Crippen molar-refractivity contribution in [1.82, 2.24) is 10.0 Å². The van der Waals surface area contributed by atoms with Crippen molar-refractivity contribution in [1.29, 1.82) is 0 Å². The number of carbonyl (C=O) groups is 1. The maximum absolute atomic E-state index is 14.0. The number of amides is 1. The van der Waals surface area contributed by atoms with Gasteiger partial charge in [0.05, 0.1) is 10.5 Å². The molecule has 0 fully saturated rings. The molecular weight excluding hydrogens is 407 g/mol. The van der Waals surface area contributed by atoms with Crippen LogP contribution < -0.4 is 10.0 Å². The standard InChI is InChI=1S/C17H15F5N2O3S/c1-2-23-28(26,27)12-7-8-14(19)13(9-12)16(25)24-15(17(20,21)22)10-3-5-11(18)6-4-10/h3-9,15,23H,2H2,1H3,(H,24,25). The number of benzene rings is 2. The van der Waals surface area contributed by atoms with Crippen molar-refractivity contribution in [2.24, 2.45) is 0 Å². The van der Waals surface area contributed by atoms with Crippen molar-refractivity contribution in [2.45, 2.75) is 24.0 Å². The molecule has 5 nitrogen and oxygen atoms in total. The summed E-state index contributed by atoms with van der Waals surface area (Å²) in [6, 6.07) is 2.86. The fraction of sp³-hybridized carbons (Fsp3) is 0.235. The molecule has 0 bridgehead atoms. The van der Waals surface area contributed by atoms with Crippen LogP contribution in [0.15, 0.2) is 47.4 Å². The van der Waals surface area contributed by atoms with E-state index in [2.05, 4.69) is 4.72 Å². The van der Waals surface area contributed by atoms with Crippen LogP contribution in [0.3, 0.4) is 0 Å². The smallest absolute Gasteiger partial charge is 0.337 e. The summed E-state index contributed by atoms with van der Waals surface area (Å²) in [5.41, 5.74) is -1.35. The van der Waals surface area contributed by atoms with Crippen molar-refractivity contribution in [3.05, 3.63) is 65.2 Å². The Balaban J connectivity index is 2.40. The zero-order valence-electron chi connectivity index (χ0n) is 14.3. The Bertz CT molecular complexity index is 960. The minimum Gasteiger partial charge on any atom is -0.337 e. The second kappa shape index (κ2) is 8.23. The Hall–Kier alpha value is -2.53. The van der Waals surface area contributed by atoms with E-state index in [1.807, 2.05) is 0 Å². The van der Waals surface area contributed by atoms with Gasteiger partial charge in [-0.05, 0) is 35.9 Å². The van der Waals surface area contributed by atoms with Crippen molar-refractivity contribution in [3.8, 4) is 0 Å². The van der Waals surface area contributed by atoms with Gasteiger partial charge in [0, 0.05) is 6.54 Å². The maximum Gasteiger partial charge on any atom is 0.412 e. The first-order valence-corrected chi connectivity index (χ1v) is 9.36. The van der Waals surface area contributed by atoms with Crippen molar-refractivity contribution < 1.29 is 35.2 Å². The van der Waals surface area contributed by atoms with Gasteiger partial charge in [-0.15, -0.1) is 0 Å². The molecule has 0 aliphatic rings. The summed E-state index contributed by atoms with van der Waals surface area (Å²) < 4.78 is 93.1. The quantitative estimate of drug-likeness (QED) is 0.702. The van der Waals surface area contributed by atoms with E-state index in [1.165, 1.54) is 6.92 Å². The molecule has 0 aliphatic carbocycles. The number of hydrogen-bond donors (Lipinski definition) is 2. The minimum atomic E-state index is -4.96. The number of alkyl halides is 3. The van der Waals surface area contributed by atoms with Gasteiger partial charge in [0.25, 0.3) is 5.91 Å². The van der Waals surface area contributed by atoms with Gasteiger partial charge in [-0.2, -0.15) is 13.2 Å². The molecule has 0 radical (unpaired) electrons. The average molecular weight is 422 g/mol. The number of hydrogen-bond acceptors (Lipinski definition) is 3. The minimum absolute atomic E-state index is 0.0158. The molecule has 11 heteroatoms. The van der Waals surface area contributed by atoms with E-state index in [9.17, 15) is 35.2 Å². The Morgan fingerprint density at radius 1 is 1.07 bits per heavy atom. The molecule has 28 heavy (non-hydrogen) atoms. The molecule has 0 saturated heterocycles. The van der Waals surface area contributed by atoms with Gasteiger partial charge in [0.2, 0.25) is 10.0 Å². The first kappa shape index (κ1) is 21.8.